The molecule has 2 N–H and O–H groups in total. The summed E-state index contributed by atoms with van der Waals surface area (Å²) in [7, 11) is 0. The van der Waals surface area contributed by atoms with Crippen LogP contribution in [0.5, 0.6) is 0 Å². The lowest BCUT2D eigenvalue weighted by Gasteiger charge is -2.17. The van der Waals surface area contributed by atoms with Crippen LogP contribution in [0.25, 0.3) is 11.1 Å². The summed E-state index contributed by atoms with van der Waals surface area (Å²) in [6.45, 7) is 3.53. The smallest absolute Gasteiger partial charge is 0.407 e. The molecule has 1 aliphatic rings. The highest BCUT2D eigenvalue weighted by Gasteiger charge is 2.29. The van der Waals surface area contributed by atoms with Crippen LogP contribution in [-0.2, 0) is 9.53 Å². The maximum absolute atomic E-state index is 13.1. The van der Waals surface area contributed by atoms with Crippen molar-refractivity contribution in [2.75, 3.05) is 11.9 Å². The van der Waals surface area contributed by atoms with Gasteiger partial charge < -0.3 is 15.4 Å². The Morgan fingerprint density at radius 1 is 0.947 bits per heavy atom. The van der Waals surface area contributed by atoms with Crippen LogP contribution in [0.15, 0.2) is 78.2 Å². The van der Waals surface area contributed by atoms with E-state index in [-0.39, 0.29) is 18.3 Å². The number of rotatable bonds is 7. The third-order valence-electron chi connectivity index (χ3n) is 6.62. The van der Waals surface area contributed by atoms with Crippen molar-refractivity contribution in [2.45, 2.75) is 25.8 Å². The van der Waals surface area contributed by atoms with Gasteiger partial charge >= 0.3 is 6.09 Å². The Kier molecular flexibility index (Phi) is 7.31. The van der Waals surface area contributed by atoms with Crippen molar-refractivity contribution >= 4 is 45.7 Å². The van der Waals surface area contributed by atoms with E-state index < -0.39 is 18.0 Å². The molecule has 1 heterocycles. The number of ketones is 1. The molecule has 0 unspecified atom stereocenters. The third-order valence-corrected chi connectivity index (χ3v) is 7.88. The zero-order valence-electron chi connectivity index (χ0n) is 20.8. The number of amides is 2. The molecule has 6 nitrogen and oxygen atoms in total. The first-order chi connectivity index (χ1) is 18.3. The van der Waals surface area contributed by atoms with Gasteiger partial charge in [-0.05, 0) is 71.3 Å². The molecule has 1 aromatic heterocycles. The summed E-state index contributed by atoms with van der Waals surface area (Å²) in [5.74, 6) is -0.744. The second kappa shape index (κ2) is 10.8. The van der Waals surface area contributed by atoms with Gasteiger partial charge in [-0.1, -0.05) is 60.1 Å². The molecule has 4 aromatic rings. The monoisotopic (exact) mass is 544 g/mol. The summed E-state index contributed by atoms with van der Waals surface area (Å²) in [4.78, 5) is 38.6. The van der Waals surface area contributed by atoms with Crippen LogP contribution in [0.4, 0.5) is 9.80 Å². The second-order valence-electron chi connectivity index (χ2n) is 9.14. The standard InChI is InChI=1S/C30H25ClN2O4S/c1-17-16-38-29(26(17)27(34)19-11-13-20(31)14-12-19)33-28(35)18(2)32-30(36)37-15-25-23-9-5-3-7-21(23)22-8-4-6-10-24(22)25/h3-14,16,18,25H,15H2,1-2H3,(H,32,36)(H,33,35)/t18-/m0/s1. The van der Waals surface area contributed by atoms with Crippen molar-refractivity contribution in [3.63, 3.8) is 0 Å². The van der Waals surface area contributed by atoms with Crippen LogP contribution in [0.2, 0.25) is 5.02 Å². The summed E-state index contributed by atoms with van der Waals surface area (Å²) in [5, 5.41) is 8.15. The lowest BCUT2D eigenvalue weighted by Crippen LogP contribution is -2.42. The number of carbonyl (C=O) groups is 3. The number of nitrogens with one attached hydrogen (secondary N) is 2. The zero-order valence-corrected chi connectivity index (χ0v) is 22.4. The highest BCUT2D eigenvalue weighted by Crippen LogP contribution is 2.44. The molecule has 0 radical (unpaired) electrons. The number of hydrogen-bond acceptors (Lipinski definition) is 5. The number of thiophene rings is 1. The van der Waals surface area contributed by atoms with Crippen LogP contribution >= 0.6 is 22.9 Å². The van der Waals surface area contributed by atoms with Gasteiger partial charge in [-0.25, -0.2) is 4.79 Å². The summed E-state index contributed by atoms with van der Waals surface area (Å²) in [6, 6.07) is 21.9. The number of hydrogen-bond donors (Lipinski definition) is 2. The van der Waals surface area contributed by atoms with Crippen molar-refractivity contribution in [3.8, 4) is 11.1 Å². The first-order valence-corrected chi connectivity index (χ1v) is 13.4. The van der Waals surface area contributed by atoms with Crippen molar-refractivity contribution < 1.29 is 19.1 Å². The van der Waals surface area contributed by atoms with Crippen molar-refractivity contribution in [1.82, 2.24) is 5.32 Å². The molecule has 0 spiro atoms. The topological polar surface area (TPSA) is 84.5 Å². The molecule has 0 aliphatic heterocycles. The van der Waals surface area contributed by atoms with Crippen LogP contribution in [-0.4, -0.2) is 30.4 Å². The summed E-state index contributed by atoms with van der Waals surface area (Å²) in [5.41, 5.74) is 6.13. The molecular formula is C30H25ClN2O4S. The molecule has 38 heavy (non-hydrogen) atoms. The fourth-order valence-corrected chi connectivity index (χ4v) is 5.74. The molecule has 8 heteroatoms. The van der Waals surface area contributed by atoms with E-state index in [1.54, 1.807) is 31.2 Å². The van der Waals surface area contributed by atoms with Gasteiger partial charge in [-0.15, -0.1) is 11.3 Å². The number of aryl methyl sites for hydroxylation is 1. The third kappa shape index (κ3) is 5.08. The van der Waals surface area contributed by atoms with Crippen LogP contribution in [0.1, 0.15) is 45.5 Å². The van der Waals surface area contributed by atoms with E-state index in [4.69, 9.17) is 16.3 Å². The number of alkyl carbamates (subject to hydrolysis) is 1. The SMILES string of the molecule is Cc1csc(NC(=O)[C@H](C)NC(=O)OCC2c3ccccc3-c3ccccc32)c1C(=O)c1ccc(Cl)cc1. The Morgan fingerprint density at radius 3 is 2.18 bits per heavy atom. The first kappa shape index (κ1) is 25.7. The fourth-order valence-electron chi connectivity index (χ4n) is 4.67. The first-order valence-electron chi connectivity index (χ1n) is 12.1. The number of benzene rings is 3. The van der Waals surface area contributed by atoms with Gasteiger partial charge in [0.25, 0.3) is 0 Å². The van der Waals surface area contributed by atoms with E-state index in [1.807, 2.05) is 48.7 Å². The van der Waals surface area contributed by atoms with E-state index in [1.165, 1.54) is 11.3 Å². The Bertz CT molecular complexity index is 1480. The highest BCUT2D eigenvalue weighted by molar-refractivity contribution is 7.15. The minimum atomic E-state index is -0.883. The summed E-state index contributed by atoms with van der Waals surface area (Å²) >= 11 is 7.20. The molecule has 0 saturated carbocycles. The predicted octanol–water partition coefficient (Wildman–Crippen LogP) is 6.81. The van der Waals surface area contributed by atoms with Gasteiger partial charge in [0.1, 0.15) is 17.6 Å². The lowest BCUT2D eigenvalue weighted by atomic mass is 9.98. The Balaban J connectivity index is 1.21. The molecule has 2 amide bonds. The highest BCUT2D eigenvalue weighted by atomic mass is 35.5. The van der Waals surface area contributed by atoms with E-state index in [2.05, 4.69) is 22.8 Å². The van der Waals surface area contributed by atoms with Crippen LogP contribution < -0.4 is 10.6 Å². The van der Waals surface area contributed by atoms with Gasteiger partial charge in [-0.3, -0.25) is 9.59 Å². The summed E-state index contributed by atoms with van der Waals surface area (Å²) < 4.78 is 5.55. The largest absolute Gasteiger partial charge is 0.449 e. The normalized spacial score (nSPS) is 12.8. The maximum atomic E-state index is 13.1. The number of anilines is 1. The zero-order chi connectivity index (χ0) is 26.8. The number of fused-ring (bicyclic) bond motifs is 3. The van der Waals surface area contributed by atoms with Gasteiger partial charge in [0.2, 0.25) is 5.91 Å². The van der Waals surface area contributed by atoms with Crippen molar-refractivity contribution in [1.29, 1.82) is 0 Å². The molecule has 0 bridgehead atoms. The molecule has 1 aliphatic carbocycles. The molecule has 192 valence electrons. The predicted molar refractivity (Wildman–Crippen MR) is 150 cm³/mol. The van der Waals surface area contributed by atoms with Gasteiger partial charge in [0, 0.05) is 16.5 Å². The molecule has 1 atom stereocenters. The average molecular weight is 545 g/mol. The molecule has 0 saturated heterocycles. The Hall–Kier alpha value is -3.94. The molecule has 0 fully saturated rings. The van der Waals surface area contributed by atoms with E-state index in [0.29, 0.717) is 21.2 Å². The lowest BCUT2D eigenvalue weighted by molar-refractivity contribution is -0.117. The number of carbonyl (C=O) groups excluding carboxylic acids is 3. The Labute approximate surface area is 229 Å². The van der Waals surface area contributed by atoms with Gasteiger partial charge in [0.15, 0.2) is 5.78 Å². The Morgan fingerprint density at radius 2 is 1.55 bits per heavy atom. The second-order valence-corrected chi connectivity index (χ2v) is 10.5. The molecule has 5 rings (SSSR count). The van der Waals surface area contributed by atoms with Crippen molar-refractivity contribution in [3.05, 3.63) is 111 Å². The summed E-state index contributed by atoms with van der Waals surface area (Å²) in [6.07, 6.45) is -0.686. The van der Waals surface area contributed by atoms with Gasteiger partial charge in [0.05, 0.1) is 5.56 Å². The molecule has 3 aromatic carbocycles. The number of ether oxygens (including phenoxy) is 1. The van der Waals surface area contributed by atoms with Gasteiger partial charge in [-0.2, -0.15) is 0 Å². The van der Waals surface area contributed by atoms with Crippen LogP contribution in [0.3, 0.4) is 0 Å². The van der Waals surface area contributed by atoms with E-state index in [9.17, 15) is 14.4 Å². The van der Waals surface area contributed by atoms with Crippen LogP contribution in [0, 0.1) is 6.92 Å². The maximum Gasteiger partial charge on any atom is 0.407 e. The van der Waals surface area contributed by atoms with E-state index >= 15 is 0 Å². The van der Waals surface area contributed by atoms with Crippen molar-refractivity contribution in [2.24, 2.45) is 0 Å². The number of halogens is 1. The fraction of sp³-hybridized carbons (Fsp3) is 0.167. The quantitative estimate of drug-likeness (QED) is 0.250. The minimum absolute atomic E-state index is 0.0761. The van der Waals surface area contributed by atoms with E-state index in [0.717, 1.165) is 27.8 Å². The molecular weight excluding hydrogens is 520 g/mol. The minimum Gasteiger partial charge on any atom is -0.449 e. The average Bonchev–Trinajstić information content (AvgIpc) is 3.44.